The molecule has 2 unspecified atom stereocenters. The number of aliphatic hydroxyl groups excluding tert-OH is 3. The van der Waals surface area contributed by atoms with Gasteiger partial charge in [0.25, 0.3) is 0 Å². The highest BCUT2D eigenvalue weighted by Gasteiger charge is 2.47. The summed E-state index contributed by atoms with van der Waals surface area (Å²) in [6.45, 7) is -0.362. The molecule has 5 atom stereocenters. The number of ether oxygens (including phenoxy) is 1. The van der Waals surface area contributed by atoms with Crippen molar-refractivity contribution in [3.63, 3.8) is 0 Å². The molecule has 10 heteroatoms. The molecule has 0 amide bonds. The van der Waals surface area contributed by atoms with E-state index in [0.29, 0.717) is 11.5 Å². The van der Waals surface area contributed by atoms with Gasteiger partial charge in [-0.25, -0.2) is 20.6 Å². The lowest BCUT2D eigenvalue weighted by Gasteiger charge is -2.29. The molecule has 0 aromatic rings. The van der Waals surface area contributed by atoms with Gasteiger partial charge in [0.05, 0.1) is 12.8 Å². The zero-order chi connectivity index (χ0) is 13.6. The molecule has 104 valence electrons. The number of hydrogen-bond donors (Lipinski definition) is 4. The van der Waals surface area contributed by atoms with Crippen LogP contribution in [0.1, 0.15) is 0 Å². The average molecular weight is 287 g/mol. The monoisotopic (exact) mass is 287 g/mol. The third-order valence-electron chi connectivity index (χ3n) is 3.16. The van der Waals surface area contributed by atoms with Crippen LogP contribution in [0.2, 0.25) is 0 Å². The van der Waals surface area contributed by atoms with Crippen molar-refractivity contribution in [1.29, 1.82) is 0 Å². The summed E-state index contributed by atoms with van der Waals surface area (Å²) in [6.07, 6.45) is -0.858. The van der Waals surface area contributed by atoms with E-state index in [-0.39, 0.29) is 15.5 Å². The number of aliphatic hydroxyl groups is 3. The molecular weight excluding hydrogens is 273 g/mol. The lowest BCUT2D eigenvalue weighted by atomic mass is 10.1. The van der Waals surface area contributed by atoms with Gasteiger partial charge in [0, 0.05) is 0 Å². The topological polar surface area (TPSA) is 127 Å². The normalized spacial score (nSPS) is 38.7. The number of hydrogen-bond acceptors (Lipinski definition) is 9. The first-order chi connectivity index (χ1) is 9.13. The second-order valence-electron chi connectivity index (χ2n) is 4.32. The van der Waals surface area contributed by atoms with Crippen LogP contribution in [-0.4, -0.2) is 68.3 Å². The third kappa shape index (κ3) is 1.95. The van der Waals surface area contributed by atoms with Crippen molar-refractivity contribution in [1.82, 2.24) is 9.68 Å². The number of aliphatic imine (C=N–C) groups is 1. The van der Waals surface area contributed by atoms with Crippen molar-refractivity contribution in [2.24, 2.45) is 15.6 Å². The van der Waals surface area contributed by atoms with Crippen LogP contribution in [-0.2, 0) is 4.74 Å². The van der Waals surface area contributed by atoms with E-state index in [1.54, 1.807) is 10.9 Å². The fourth-order valence-electron chi connectivity index (χ4n) is 2.15. The highest BCUT2D eigenvalue weighted by atomic mass is 31.1. The molecule has 5 N–H and O–H groups in total. The van der Waals surface area contributed by atoms with Gasteiger partial charge in [0.2, 0.25) is 0 Å². The lowest BCUT2D eigenvalue weighted by molar-refractivity contribution is -0.0539. The summed E-state index contributed by atoms with van der Waals surface area (Å²) in [6, 6.07) is 0. The highest BCUT2D eigenvalue weighted by Crippen LogP contribution is 2.41. The van der Waals surface area contributed by atoms with Crippen LogP contribution in [0.4, 0.5) is 0 Å². The molecule has 0 bridgehead atoms. The number of fused-ring (bicyclic) bond motifs is 1. The molecular formula is C9H14N5O4P. The molecule has 0 aromatic carbocycles. The number of hydrazine groups is 1. The molecule has 3 heterocycles. The van der Waals surface area contributed by atoms with Gasteiger partial charge in [-0.2, -0.15) is 0 Å². The van der Waals surface area contributed by atoms with Crippen LogP contribution in [0, 0.1) is 0 Å². The zero-order valence-corrected chi connectivity index (χ0v) is 10.8. The van der Waals surface area contributed by atoms with Gasteiger partial charge in [0.1, 0.15) is 39.2 Å². The minimum Gasteiger partial charge on any atom is -0.394 e. The van der Waals surface area contributed by atoms with Gasteiger partial charge < -0.3 is 24.7 Å². The Kier molecular flexibility index (Phi) is 3.25. The first kappa shape index (κ1) is 12.9. The van der Waals surface area contributed by atoms with Crippen molar-refractivity contribution >= 4 is 21.1 Å². The number of nitrogens with zero attached hydrogens (tertiary/aromatic N) is 4. The van der Waals surface area contributed by atoms with E-state index in [4.69, 9.17) is 15.7 Å². The van der Waals surface area contributed by atoms with E-state index in [1.807, 2.05) is 0 Å². The van der Waals surface area contributed by atoms with Crippen molar-refractivity contribution in [2.45, 2.75) is 24.5 Å². The van der Waals surface area contributed by atoms with E-state index >= 15 is 0 Å². The molecule has 0 aromatic heterocycles. The summed E-state index contributed by atoms with van der Waals surface area (Å²) < 4.78 is 11.4. The summed E-state index contributed by atoms with van der Waals surface area (Å²) in [5.74, 6) is 6.23. The Bertz CT molecular complexity index is 470. The molecule has 0 radical (unpaired) electrons. The zero-order valence-electron chi connectivity index (χ0n) is 9.79. The average Bonchev–Trinajstić information content (AvgIpc) is 2.94. The van der Waals surface area contributed by atoms with Crippen molar-refractivity contribution in [3.8, 4) is 0 Å². The first-order valence-electron chi connectivity index (χ1n) is 5.66. The minimum absolute atomic E-state index is 0.0257. The van der Waals surface area contributed by atoms with E-state index in [0.717, 1.165) is 0 Å². The molecule has 0 saturated carbocycles. The lowest BCUT2D eigenvalue weighted by Crippen LogP contribution is -2.44. The summed E-state index contributed by atoms with van der Waals surface area (Å²) in [5, 5.41) is 30.1. The summed E-state index contributed by atoms with van der Waals surface area (Å²) in [5.41, 5.74) is 0.623. The SMILES string of the molecule is NN1C=NC=C2C1=NPN2C1O[C@H](CO)[C@@H](O)[C@H]1O. The highest BCUT2D eigenvalue weighted by molar-refractivity contribution is 7.35. The van der Waals surface area contributed by atoms with Crippen LogP contribution in [0.3, 0.4) is 0 Å². The molecule has 3 rings (SSSR count). The molecule has 0 spiro atoms. The predicted molar refractivity (Wildman–Crippen MR) is 68.0 cm³/mol. The summed E-state index contributed by atoms with van der Waals surface area (Å²) in [4.78, 5) is 3.95. The van der Waals surface area contributed by atoms with E-state index in [2.05, 4.69) is 9.76 Å². The maximum absolute atomic E-state index is 9.99. The van der Waals surface area contributed by atoms with Gasteiger partial charge in [-0.3, -0.25) is 0 Å². The Labute approximate surface area is 110 Å². The molecule has 3 aliphatic rings. The maximum Gasteiger partial charge on any atom is 0.174 e. The Morgan fingerprint density at radius 1 is 1.42 bits per heavy atom. The molecule has 0 aliphatic carbocycles. The maximum atomic E-state index is 9.99. The minimum atomic E-state index is -1.13. The van der Waals surface area contributed by atoms with Gasteiger partial charge in [-0.1, -0.05) is 0 Å². The van der Waals surface area contributed by atoms with Crippen molar-refractivity contribution in [2.75, 3.05) is 6.61 Å². The second-order valence-corrected chi connectivity index (χ2v) is 5.23. The molecule has 9 nitrogen and oxygen atoms in total. The number of nitrogens with two attached hydrogens (primary N) is 1. The summed E-state index contributed by atoms with van der Waals surface area (Å²) in [7, 11) is -0.0257. The molecule has 19 heavy (non-hydrogen) atoms. The predicted octanol–water partition coefficient (Wildman–Crippen LogP) is -2.29. The smallest absolute Gasteiger partial charge is 0.174 e. The van der Waals surface area contributed by atoms with Crippen LogP contribution < -0.4 is 5.84 Å². The Balaban J connectivity index is 1.82. The van der Waals surface area contributed by atoms with E-state index < -0.39 is 24.5 Å². The van der Waals surface area contributed by atoms with Crippen LogP contribution in [0.5, 0.6) is 0 Å². The molecule has 3 aliphatic heterocycles. The van der Waals surface area contributed by atoms with Crippen LogP contribution in [0.15, 0.2) is 21.7 Å². The van der Waals surface area contributed by atoms with Crippen molar-refractivity contribution in [3.05, 3.63) is 11.9 Å². The van der Waals surface area contributed by atoms with Gasteiger partial charge in [-0.15, -0.1) is 0 Å². The standard InChI is InChI=1S/C9H14N5O4P/c10-13-3-11-1-4-8(13)12-19-14(4)9-7(17)6(16)5(2-15)18-9/h1,3,5-7,9,15-17,19H,2,10H2/t5-,6-,7-,9?/m1/s1. The number of amidine groups is 1. The molecule has 1 fully saturated rings. The Morgan fingerprint density at radius 2 is 2.21 bits per heavy atom. The van der Waals surface area contributed by atoms with Crippen molar-refractivity contribution < 1.29 is 20.1 Å². The van der Waals surface area contributed by atoms with Gasteiger partial charge >= 0.3 is 0 Å². The Morgan fingerprint density at radius 3 is 2.89 bits per heavy atom. The Hall–Kier alpha value is -1.09. The second kappa shape index (κ2) is 4.78. The fraction of sp³-hybridized carbons (Fsp3) is 0.556. The van der Waals surface area contributed by atoms with Gasteiger partial charge in [-0.05, 0) is 0 Å². The number of rotatable bonds is 2. The largest absolute Gasteiger partial charge is 0.394 e. The van der Waals surface area contributed by atoms with Gasteiger partial charge in [0.15, 0.2) is 12.1 Å². The van der Waals surface area contributed by atoms with Crippen LogP contribution >= 0.6 is 8.88 Å². The van der Waals surface area contributed by atoms with E-state index in [1.165, 1.54) is 11.3 Å². The van der Waals surface area contributed by atoms with E-state index in [9.17, 15) is 10.2 Å². The fourth-order valence-corrected chi connectivity index (χ4v) is 3.17. The first-order valence-corrected chi connectivity index (χ1v) is 6.55. The summed E-state index contributed by atoms with van der Waals surface area (Å²) >= 11 is 0. The third-order valence-corrected chi connectivity index (χ3v) is 4.18. The molecule has 1 saturated heterocycles. The van der Waals surface area contributed by atoms with Crippen LogP contribution in [0.25, 0.3) is 0 Å². The quantitative estimate of drug-likeness (QED) is 0.332.